The fraction of sp³-hybridized carbons (Fsp3) is 0.583. The van der Waals surface area contributed by atoms with Gasteiger partial charge in [-0.25, -0.2) is 4.98 Å². The zero-order chi connectivity index (χ0) is 12.0. The summed E-state index contributed by atoms with van der Waals surface area (Å²) in [6, 6.07) is 2.20. The van der Waals surface area contributed by atoms with Crippen molar-refractivity contribution in [3.8, 4) is 0 Å². The average Bonchev–Trinajstić information content (AvgIpc) is 2.26. The summed E-state index contributed by atoms with van der Waals surface area (Å²) in [7, 11) is 4.05. The first kappa shape index (κ1) is 13.3. The molecule has 1 N–H and O–H groups in total. The summed E-state index contributed by atoms with van der Waals surface area (Å²) in [5, 5.41) is 3.14. The zero-order valence-corrected chi connectivity index (χ0v) is 11.4. The Labute approximate surface area is 103 Å². The maximum atomic E-state index is 4.53. The van der Waals surface area contributed by atoms with Gasteiger partial charge in [-0.3, -0.25) is 0 Å². The molecule has 4 heteroatoms. The van der Waals surface area contributed by atoms with Crippen molar-refractivity contribution in [1.82, 2.24) is 10.3 Å². The Bertz CT molecular complexity index is 328. The Morgan fingerprint density at radius 1 is 1.50 bits per heavy atom. The second kappa shape index (κ2) is 6.76. The molecule has 3 nitrogen and oxygen atoms in total. The summed E-state index contributed by atoms with van der Waals surface area (Å²) in [6.45, 7) is 4.04. The third-order valence-electron chi connectivity index (χ3n) is 2.48. The van der Waals surface area contributed by atoms with Gasteiger partial charge in [0.15, 0.2) is 0 Å². The lowest BCUT2D eigenvalue weighted by molar-refractivity contribution is 0.809. The molecule has 0 saturated heterocycles. The molecule has 0 unspecified atom stereocenters. The van der Waals surface area contributed by atoms with E-state index in [1.54, 1.807) is 0 Å². The molecule has 0 spiro atoms. The maximum absolute atomic E-state index is 4.53. The van der Waals surface area contributed by atoms with Gasteiger partial charge < -0.3 is 10.2 Å². The molecule has 1 aromatic heterocycles. The second-order valence-corrected chi connectivity index (χ2v) is 4.91. The van der Waals surface area contributed by atoms with Gasteiger partial charge in [0.1, 0.15) is 5.82 Å². The van der Waals surface area contributed by atoms with Crippen molar-refractivity contribution in [3.05, 3.63) is 23.4 Å². The third kappa shape index (κ3) is 3.68. The van der Waals surface area contributed by atoms with E-state index >= 15 is 0 Å². The van der Waals surface area contributed by atoms with Gasteiger partial charge in [0, 0.05) is 32.1 Å². The monoisotopic (exact) mass is 239 g/mol. The number of rotatable bonds is 6. The van der Waals surface area contributed by atoms with Crippen molar-refractivity contribution in [3.63, 3.8) is 0 Å². The quantitative estimate of drug-likeness (QED) is 0.821. The van der Waals surface area contributed by atoms with Gasteiger partial charge in [-0.15, -0.1) is 0 Å². The van der Waals surface area contributed by atoms with E-state index in [0.29, 0.717) is 0 Å². The van der Waals surface area contributed by atoms with E-state index in [9.17, 15) is 0 Å². The minimum atomic E-state index is 0.878. The van der Waals surface area contributed by atoms with Gasteiger partial charge in [0.05, 0.1) is 0 Å². The molecule has 0 amide bonds. The van der Waals surface area contributed by atoms with E-state index in [1.165, 1.54) is 11.1 Å². The molecule has 16 heavy (non-hydrogen) atoms. The predicted molar refractivity (Wildman–Crippen MR) is 73.4 cm³/mol. The van der Waals surface area contributed by atoms with E-state index in [2.05, 4.69) is 41.5 Å². The number of nitrogens with zero attached hydrogens (tertiary/aromatic N) is 2. The number of thioether (sulfide) groups is 1. The highest BCUT2D eigenvalue weighted by Gasteiger charge is 2.06. The molecule has 1 rings (SSSR count). The lowest BCUT2D eigenvalue weighted by Gasteiger charge is -2.20. The normalized spacial score (nSPS) is 10.5. The van der Waals surface area contributed by atoms with Gasteiger partial charge >= 0.3 is 0 Å². The van der Waals surface area contributed by atoms with Crippen LogP contribution in [0.25, 0.3) is 0 Å². The van der Waals surface area contributed by atoms with Gasteiger partial charge in [0.25, 0.3) is 0 Å². The van der Waals surface area contributed by atoms with Gasteiger partial charge in [-0.1, -0.05) is 0 Å². The molecule has 0 aromatic carbocycles. The van der Waals surface area contributed by atoms with Crippen molar-refractivity contribution < 1.29 is 0 Å². The van der Waals surface area contributed by atoms with Crippen LogP contribution in [-0.4, -0.2) is 37.6 Å². The number of hydrogen-bond acceptors (Lipinski definition) is 4. The fourth-order valence-corrected chi connectivity index (χ4v) is 2.12. The van der Waals surface area contributed by atoms with Crippen LogP contribution in [0, 0.1) is 6.92 Å². The first-order valence-corrected chi connectivity index (χ1v) is 6.88. The number of nitrogens with one attached hydrogen (secondary N) is 1. The molecule has 0 bridgehead atoms. The van der Waals surface area contributed by atoms with Crippen molar-refractivity contribution in [1.29, 1.82) is 0 Å². The SMILES string of the molecule is CNCc1cnc(N(C)CCSC)c(C)c1. The van der Waals surface area contributed by atoms with Gasteiger partial charge in [0.2, 0.25) is 0 Å². The molecule has 0 saturated carbocycles. The minimum absolute atomic E-state index is 0.878. The molecule has 0 fully saturated rings. The Balaban J connectivity index is 2.73. The van der Waals surface area contributed by atoms with Crippen molar-refractivity contribution in [2.24, 2.45) is 0 Å². The molecule has 1 heterocycles. The van der Waals surface area contributed by atoms with Gasteiger partial charge in [-0.05, 0) is 37.4 Å². The second-order valence-electron chi connectivity index (χ2n) is 3.93. The van der Waals surface area contributed by atoms with E-state index in [4.69, 9.17) is 0 Å². The number of aryl methyl sites for hydroxylation is 1. The average molecular weight is 239 g/mol. The summed E-state index contributed by atoms with van der Waals surface area (Å²) in [6.07, 6.45) is 4.08. The smallest absolute Gasteiger partial charge is 0.131 e. The van der Waals surface area contributed by atoms with Gasteiger partial charge in [-0.2, -0.15) is 11.8 Å². The molecule has 0 aliphatic heterocycles. The summed E-state index contributed by atoms with van der Waals surface area (Å²) in [5.41, 5.74) is 2.48. The van der Waals surface area contributed by atoms with Crippen LogP contribution in [0.5, 0.6) is 0 Å². The number of hydrogen-bond donors (Lipinski definition) is 1. The van der Waals surface area contributed by atoms with Crippen molar-refractivity contribution >= 4 is 17.6 Å². The largest absolute Gasteiger partial charge is 0.359 e. The van der Waals surface area contributed by atoms with Crippen LogP contribution in [0.1, 0.15) is 11.1 Å². The molecule has 0 aliphatic carbocycles. The highest BCUT2D eigenvalue weighted by atomic mass is 32.2. The molecular weight excluding hydrogens is 218 g/mol. The minimum Gasteiger partial charge on any atom is -0.359 e. The van der Waals surface area contributed by atoms with E-state index in [1.807, 2.05) is 25.0 Å². The van der Waals surface area contributed by atoms with Crippen LogP contribution in [0.3, 0.4) is 0 Å². The first-order valence-electron chi connectivity index (χ1n) is 5.49. The molecular formula is C12H21N3S. The zero-order valence-electron chi connectivity index (χ0n) is 10.6. The molecule has 1 aromatic rings. The van der Waals surface area contributed by atoms with E-state index in [-0.39, 0.29) is 0 Å². The summed E-state index contributed by atoms with van der Waals surface area (Å²) < 4.78 is 0. The molecule has 0 aliphatic rings. The summed E-state index contributed by atoms with van der Waals surface area (Å²) in [4.78, 5) is 6.74. The Kier molecular flexibility index (Phi) is 5.63. The van der Waals surface area contributed by atoms with E-state index in [0.717, 1.165) is 24.7 Å². The Morgan fingerprint density at radius 3 is 2.81 bits per heavy atom. The lowest BCUT2D eigenvalue weighted by atomic mass is 10.2. The maximum Gasteiger partial charge on any atom is 0.131 e. The van der Waals surface area contributed by atoms with Crippen LogP contribution >= 0.6 is 11.8 Å². The Morgan fingerprint density at radius 2 is 2.25 bits per heavy atom. The first-order chi connectivity index (χ1) is 7.69. The van der Waals surface area contributed by atoms with Crippen molar-refractivity contribution in [2.75, 3.05) is 37.5 Å². The molecule has 0 atom stereocenters. The molecule has 90 valence electrons. The molecule has 0 radical (unpaired) electrons. The highest BCUT2D eigenvalue weighted by molar-refractivity contribution is 7.98. The van der Waals surface area contributed by atoms with Crippen LogP contribution in [0.4, 0.5) is 5.82 Å². The summed E-state index contributed by atoms with van der Waals surface area (Å²) in [5.74, 6) is 2.23. The Hall–Kier alpha value is -0.740. The number of pyridine rings is 1. The van der Waals surface area contributed by atoms with Crippen LogP contribution in [-0.2, 0) is 6.54 Å². The van der Waals surface area contributed by atoms with E-state index < -0.39 is 0 Å². The van der Waals surface area contributed by atoms with Crippen molar-refractivity contribution in [2.45, 2.75) is 13.5 Å². The van der Waals surface area contributed by atoms with Crippen LogP contribution in [0.15, 0.2) is 12.3 Å². The topological polar surface area (TPSA) is 28.2 Å². The number of aromatic nitrogens is 1. The highest BCUT2D eigenvalue weighted by Crippen LogP contribution is 2.16. The third-order valence-corrected chi connectivity index (χ3v) is 3.07. The standard InChI is InChI=1S/C12H21N3S/c1-10-7-11(8-13-2)9-14-12(10)15(3)5-6-16-4/h7,9,13H,5-6,8H2,1-4H3. The van der Waals surface area contributed by atoms with Crippen LogP contribution in [0.2, 0.25) is 0 Å². The number of anilines is 1. The fourth-order valence-electron chi connectivity index (χ4n) is 1.66. The summed E-state index contributed by atoms with van der Waals surface area (Å²) >= 11 is 1.86. The predicted octanol–water partition coefficient (Wildman–Crippen LogP) is 1.91. The lowest BCUT2D eigenvalue weighted by Crippen LogP contribution is -2.22. The van der Waals surface area contributed by atoms with Crippen LogP contribution < -0.4 is 10.2 Å².